The highest BCUT2D eigenvalue weighted by atomic mass is 16.3. The molecule has 0 aliphatic heterocycles. The summed E-state index contributed by atoms with van der Waals surface area (Å²) in [6.45, 7) is 4.31. The van der Waals surface area contributed by atoms with Crippen LogP contribution in [0.5, 0.6) is 0 Å². The van der Waals surface area contributed by atoms with Crippen molar-refractivity contribution in [3.63, 3.8) is 0 Å². The molecule has 0 radical (unpaired) electrons. The summed E-state index contributed by atoms with van der Waals surface area (Å²) in [5.41, 5.74) is 0. The fourth-order valence-electron chi connectivity index (χ4n) is 9.00. The van der Waals surface area contributed by atoms with Crippen molar-refractivity contribution in [1.82, 2.24) is 5.32 Å². The van der Waals surface area contributed by atoms with Gasteiger partial charge in [0.15, 0.2) is 0 Å². The number of carbonyl (C=O) groups is 1. The summed E-state index contributed by atoms with van der Waals surface area (Å²) >= 11 is 0. The molecule has 0 aliphatic carbocycles. The largest absolute Gasteiger partial charge is 0.394 e. The standard InChI is InChI=1S/C54H109NO4/c1-3-5-7-9-11-13-15-17-19-21-23-25-26-28-30-32-34-36-38-40-42-44-46-48-53(58)52(50-56)55-54(59)49-51(57)47-45-43-41-39-37-35-33-31-29-27-24-22-20-18-16-14-12-10-8-6-4-2/h51-53,56-58H,3-50H2,1-2H3,(H,55,59). The number of hydrogen-bond acceptors (Lipinski definition) is 4. The molecule has 0 fully saturated rings. The van der Waals surface area contributed by atoms with Crippen molar-refractivity contribution in [1.29, 1.82) is 0 Å². The molecule has 3 atom stereocenters. The molecular weight excluding hydrogens is 727 g/mol. The molecule has 354 valence electrons. The zero-order chi connectivity index (χ0) is 43.0. The van der Waals surface area contributed by atoms with Crippen LogP contribution in [0.15, 0.2) is 0 Å². The lowest BCUT2D eigenvalue weighted by atomic mass is 10.0. The molecule has 1 amide bonds. The first-order chi connectivity index (χ1) is 29.0. The molecule has 0 spiro atoms. The topological polar surface area (TPSA) is 89.8 Å². The van der Waals surface area contributed by atoms with Crippen LogP contribution < -0.4 is 5.32 Å². The van der Waals surface area contributed by atoms with Crippen LogP contribution >= 0.6 is 0 Å². The molecule has 0 bridgehead atoms. The first kappa shape index (κ1) is 58.4. The van der Waals surface area contributed by atoms with Crippen molar-refractivity contribution in [2.24, 2.45) is 0 Å². The van der Waals surface area contributed by atoms with E-state index in [-0.39, 0.29) is 18.9 Å². The average molecular weight is 836 g/mol. The monoisotopic (exact) mass is 836 g/mol. The third-order valence-corrected chi connectivity index (χ3v) is 13.2. The van der Waals surface area contributed by atoms with Crippen molar-refractivity contribution in [2.45, 2.75) is 334 Å². The van der Waals surface area contributed by atoms with Gasteiger partial charge in [-0.15, -0.1) is 0 Å². The van der Waals surface area contributed by atoms with Gasteiger partial charge in [-0.05, 0) is 12.8 Å². The predicted molar refractivity (Wildman–Crippen MR) is 259 cm³/mol. The van der Waals surface area contributed by atoms with Gasteiger partial charge in [0.2, 0.25) is 5.91 Å². The Morgan fingerprint density at radius 3 is 0.814 bits per heavy atom. The molecule has 5 nitrogen and oxygen atoms in total. The highest BCUT2D eigenvalue weighted by molar-refractivity contribution is 5.76. The van der Waals surface area contributed by atoms with Crippen LogP contribution in [0.4, 0.5) is 0 Å². The molecule has 59 heavy (non-hydrogen) atoms. The van der Waals surface area contributed by atoms with E-state index in [1.165, 1.54) is 257 Å². The molecule has 4 N–H and O–H groups in total. The summed E-state index contributed by atoms with van der Waals surface area (Å²) in [6.07, 6.45) is 59.6. The van der Waals surface area contributed by atoms with Gasteiger partial charge in [0.25, 0.3) is 0 Å². The average Bonchev–Trinajstić information content (AvgIpc) is 3.23. The van der Waals surface area contributed by atoms with E-state index in [9.17, 15) is 20.1 Å². The Morgan fingerprint density at radius 2 is 0.576 bits per heavy atom. The Labute approximate surface area is 370 Å². The van der Waals surface area contributed by atoms with Gasteiger partial charge in [0.05, 0.1) is 31.3 Å². The van der Waals surface area contributed by atoms with Gasteiger partial charge >= 0.3 is 0 Å². The number of amides is 1. The van der Waals surface area contributed by atoms with E-state index in [0.717, 1.165) is 25.7 Å². The quantitative estimate of drug-likeness (QED) is 0.0460. The van der Waals surface area contributed by atoms with Gasteiger partial charge in [-0.25, -0.2) is 0 Å². The number of rotatable bonds is 51. The van der Waals surface area contributed by atoms with Gasteiger partial charge in [0.1, 0.15) is 0 Å². The third-order valence-electron chi connectivity index (χ3n) is 13.2. The molecule has 3 unspecified atom stereocenters. The van der Waals surface area contributed by atoms with E-state index in [2.05, 4.69) is 19.2 Å². The first-order valence-corrected chi connectivity index (χ1v) is 27.3. The number of hydrogen-bond donors (Lipinski definition) is 4. The van der Waals surface area contributed by atoms with Gasteiger partial charge in [-0.3, -0.25) is 4.79 Å². The van der Waals surface area contributed by atoms with Crippen LogP contribution in [0, 0.1) is 0 Å². The van der Waals surface area contributed by atoms with E-state index < -0.39 is 18.2 Å². The van der Waals surface area contributed by atoms with E-state index in [1.54, 1.807) is 0 Å². The number of nitrogens with one attached hydrogen (secondary N) is 1. The minimum Gasteiger partial charge on any atom is -0.394 e. The summed E-state index contributed by atoms with van der Waals surface area (Å²) in [5.74, 6) is -0.275. The van der Waals surface area contributed by atoms with Gasteiger partial charge in [-0.2, -0.15) is 0 Å². The Morgan fingerprint density at radius 1 is 0.356 bits per heavy atom. The zero-order valence-electron chi connectivity index (χ0n) is 40.4. The second kappa shape index (κ2) is 50.0. The smallest absolute Gasteiger partial charge is 0.222 e. The molecule has 0 aliphatic rings. The molecule has 0 heterocycles. The van der Waals surface area contributed by atoms with Crippen molar-refractivity contribution in [3.8, 4) is 0 Å². The maximum absolute atomic E-state index is 12.5. The van der Waals surface area contributed by atoms with Crippen LogP contribution in [0.1, 0.15) is 316 Å². The molecule has 0 saturated carbocycles. The van der Waals surface area contributed by atoms with E-state index in [4.69, 9.17) is 0 Å². The fourth-order valence-corrected chi connectivity index (χ4v) is 9.00. The normalized spacial score (nSPS) is 13.2. The van der Waals surface area contributed by atoms with Crippen LogP contribution in [-0.4, -0.2) is 46.1 Å². The highest BCUT2D eigenvalue weighted by Crippen LogP contribution is 2.18. The second-order valence-electron chi connectivity index (χ2n) is 19.2. The molecule has 0 aromatic heterocycles. The minimum atomic E-state index is -0.745. The Kier molecular flexibility index (Phi) is 49.4. The third kappa shape index (κ3) is 46.7. The first-order valence-electron chi connectivity index (χ1n) is 27.3. The Bertz CT molecular complexity index is 792. The van der Waals surface area contributed by atoms with E-state index in [1.807, 2.05) is 0 Å². The molecule has 0 saturated heterocycles. The van der Waals surface area contributed by atoms with Gasteiger partial charge in [0, 0.05) is 0 Å². The second-order valence-corrected chi connectivity index (χ2v) is 19.2. The molecule has 0 aromatic carbocycles. The van der Waals surface area contributed by atoms with E-state index >= 15 is 0 Å². The summed E-state index contributed by atoms with van der Waals surface area (Å²) in [6, 6.07) is -0.654. The van der Waals surface area contributed by atoms with Crippen LogP contribution in [0.2, 0.25) is 0 Å². The SMILES string of the molecule is CCCCCCCCCCCCCCCCCCCCCCCCCC(O)C(CO)NC(=O)CC(O)CCCCCCCCCCCCCCCCCCCCCCC. The van der Waals surface area contributed by atoms with Crippen LogP contribution in [0.25, 0.3) is 0 Å². The maximum atomic E-state index is 12.5. The van der Waals surface area contributed by atoms with Crippen molar-refractivity contribution in [3.05, 3.63) is 0 Å². The summed E-state index contributed by atoms with van der Waals surface area (Å²) in [7, 11) is 0. The summed E-state index contributed by atoms with van der Waals surface area (Å²) < 4.78 is 0. The van der Waals surface area contributed by atoms with Crippen LogP contribution in [-0.2, 0) is 4.79 Å². The lowest BCUT2D eigenvalue weighted by molar-refractivity contribution is -0.125. The fraction of sp³-hybridized carbons (Fsp3) is 0.981. The van der Waals surface area contributed by atoms with E-state index in [0.29, 0.717) is 12.8 Å². The number of aliphatic hydroxyl groups is 3. The predicted octanol–water partition coefficient (Wildman–Crippen LogP) is 16.6. The van der Waals surface area contributed by atoms with Crippen LogP contribution in [0.3, 0.4) is 0 Å². The minimum absolute atomic E-state index is 0.0435. The van der Waals surface area contributed by atoms with Gasteiger partial charge in [-0.1, -0.05) is 296 Å². The number of unbranched alkanes of at least 4 members (excludes halogenated alkanes) is 42. The molecule has 5 heteroatoms. The molecule has 0 aromatic rings. The zero-order valence-corrected chi connectivity index (χ0v) is 40.4. The Hall–Kier alpha value is -0.650. The Balaban J connectivity index is 3.50. The lowest BCUT2D eigenvalue weighted by Crippen LogP contribution is -2.46. The van der Waals surface area contributed by atoms with Crippen molar-refractivity contribution < 1.29 is 20.1 Å². The van der Waals surface area contributed by atoms with Gasteiger partial charge < -0.3 is 20.6 Å². The maximum Gasteiger partial charge on any atom is 0.222 e. The van der Waals surface area contributed by atoms with Crippen molar-refractivity contribution >= 4 is 5.91 Å². The summed E-state index contributed by atoms with van der Waals surface area (Å²) in [4.78, 5) is 12.5. The number of carbonyl (C=O) groups excluding carboxylic acids is 1. The molecular formula is C54H109NO4. The number of aliphatic hydroxyl groups excluding tert-OH is 3. The lowest BCUT2D eigenvalue weighted by Gasteiger charge is -2.23. The highest BCUT2D eigenvalue weighted by Gasteiger charge is 2.21. The van der Waals surface area contributed by atoms with Crippen molar-refractivity contribution in [2.75, 3.05) is 6.61 Å². The summed E-state index contributed by atoms with van der Waals surface area (Å²) in [5, 5.41) is 33.6. The molecule has 0 rings (SSSR count).